The fourth-order valence-electron chi connectivity index (χ4n) is 3.71. The summed E-state index contributed by atoms with van der Waals surface area (Å²) < 4.78 is 10.3. The monoisotopic (exact) mass is 448 g/mol. The van der Waals surface area contributed by atoms with Crippen LogP contribution in [0.4, 0.5) is 17.1 Å². The van der Waals surface area contributed by atoms with Crippen LogP contribution in [0.15, 0.2) is 54.9 Å². The normalized spacial score (nSPS) is 12.1. The van der Waals surface area contributed by atoms with Crippen LogP contribution in [-0.2, 0) is 6.42 Å². The molecule has 2 aromatic carbocycles. The van der Waals surface area contributed by atoms with E-state index in [0.29, 0.717) is 29.9 Å². The Balaban J connectivity index is 1.63. The molecular formula is C23H20N4O6. The number of methoxy groups -OCH3 is 2. The second kappa shape index (κ2) is 8.95. The molecule has 3 aromatic rings. The fraction of sp³-hybridized carbons (Fsp3) is 0.174. The number of pyridine rings is 1. The van der Waals surface area contributed by atoms with Crippen LogP contribution >= 0.6 is 0 Å². The van der Waals surface area contributed by atoms with Gasteiger partial charge >= 0.3 is 0 Å². The first-order valence-corrected chi connectivity index (χ1v) is 9.99. The van der Waals surface area contributed by atoms with Crippen LogP contribution in [0.5, 0.6) is 11.5 Å². The molecule has 0 atom stereocenters. The van der Waals surface area contributed by atoms with E-state index in [1.165, 1.54) is 26.5 Å². The molecule has 0 radical (unpaired) electrons. The van der Waals surface area contributed by atoms with Gasteiger partial charge in [0, 0.05) is 36.4 Å². The highest BCUT2D eigenvalue weighted by atomic mass is 16.6. The third kappa shape index (κ3) is 4.18. The summed E-state index contributed by atoms with van der Waals surface area (Å²) in [5.41, 5.74) is 1.89. The summed E-state index contributed by atoms with van der Waals surface area (Å²) >= 11 is 0. The molecule has 10 nitrogen and oxygen atoms in total. The number of nitrogens with one attached hydrogen (secondary N) is 1. The summed E-state index contributed by atoms with van der Waals surface area (Å²) in [6.45, 7) is 0.502. The molecule has 33 heavy (non-hydrogen) atoms. The van der Waals surface area contributed by atoms with Crippen molar-refractivity contribution in [1.82, 2.24) is 4.98 Å². The highest BCUT2D eigenvalue weighted by molar-refractivity contribution is 6.09. The molecule has 0 unspecified atom stereocenters. The number of nitrogens with zero attached hydrogens (tertiary/aromatic N) is 3. The van der Waals surface area contributed by atoms with Crippen LogP contribution in [0.3, 0.4) is 0 Å². The molecule has 168 valence electrons. The third-order valence-electron chi connectivity index (χ3n) is 5.34. The highest BCUT2D eigenvalue weighted by Crippen LogP contribution is 2.36. The molecule has 0 fully saturated rings. The predicted molar refractivity (Wildman–Crippen MR) is 120 cm³/mol. The fourth-order valence-corrected chi connectivity index (χ4v) is 3.71. The number of nitro groups is 1. The van der Waals surface area contributed by atoms with Crippen molar-refractivity contribution in [3.63, 3.8) is 0 Å². The van der Waals surface area contributed by atoms with Crippen LogP contribution < -0.4 is 19.7 Å². The number of nitro benzene ring substituents is 1. The SMILES string of the molecule is COc1cc(C(=O)Nc2ccc3c(c2)N(C(=O)c2cccnc2)CC3)c([N+](=O)[O-])cc1OC. The van der Waals surface area contributed by atoms with Crippen molar-refractivity contribution in [2.75, 3.05) is 31.0 Å². The zero-order chi connectivity index (χ0) is 23.5. The van der Waals surface area contributed by atoms with Crippen molar-refractivity contribution in [1.29, 1.82) is 0 Å². The molecule has 2 amide bonds. The molecular weight excluding hydrogens is 428 g/mol. The number of amides is 2. The lowest BCUT2D eigenvalue weighted by Crippen LogP contribution is -2.29. The van der Waals surface area contributed by atoms with E-state index in [1.807, 2.05) is 6.07 Å². The lowest BCUT2D eigenvalue weighted by molar-refractivity contribution is -0.385. The minimum Gasteiger partial charge on any atom is -0.493 e. The molecule has 2 heterocycles. The van der Waals surface area contributed by atoms with Gasteiger partial charge in [-0.25, -0.2) is 0 Å². The Morgan fingerprint density at radius 1 is 1.12 bits per heavy atom. The first-order chi connectivity index (χ1) is 15.9. The molecule has 0 saturated heterocycles. The van der Waals surface area contributed by atoms with E-state index >= 15 is 0 Å². The Morgan fingerprint density at radius 2 is 1.88 bits per heavy atom. The van der Waals surface area contributed by atoms with Crippen molar-refractivity contribution in [3.05, 3.63) is 81.7 Å². The number of carbonyl (C=O) groups excluding carboxylic acids is 2. The van der Waals surface area contributed by atoms with Crippen molar-refractivity contribution in [2.45, 2.75) is 6.42 Å². The second-order valence-electron chi connectivity index (χ2n) is 7.23. The number of aromatic nitrogens is 1. The molecule has 1 aromatic heterocycles. The van der Waals surface area contributed by atoms with Gasteiger partial charge in [-0.2, -0.15) is 0 Å². The number of benzene rings is 2. The van der Waals surface area contributed by atoms with Crippen molar-refractivity contribution >= 4 is 28.9 Å². The van der Waals surface area contributed by atoms with Gasteiger partial charge in [0.1, 0.15) is 5.56 Å². The van der Waals surface area contributed by atoms with E-state index in [-0.39, 0.29) is 23.0 Å². The zero-order valence-electron chi connectivity index (χ0n) is 17.9. The first-order valence-electron chi connectivity index (χ1n) is 9.99. The molecule has 0 saturated carbocycles. The lowest BCUT2D eigenvalue weighted by atomic mass is 10.1. The number of fused-ring (bicyclic) bond motifs is 1. The van der Waals surface area contributed by atoms with Crippen molar-refractivity contribution in [3.8, 4) is 11.5 Å². The number of ether oxygens (including phenoxy) is 2. The van der Waals surface area contributed by atoms with Crippen LogP contribution in [-0.4, -0.2) is 42.5 Å². The van der Waals surface area contributed by atoms with Crippen molar-refractivity contribution < 1.29 is 24.0 Å². The topological polar surface area (TPSA) is 124 Å². The van der Waals surface area contributed by atoms with Crippen LogP contribution in [0.25, 0.3) is 0 Å². The smallest absolute Gasteiger partial charge is 0.286 e. The Morgan fingerprint density at radius 3 is 2.55 bits per heavy atom. The first kappa shape index (κ1) is 21.8. The Labute approximate surface area is 188 Å². The van der Waals surface area contributed by atoms with Gasteiger partial charge in [-0.3, -0.25) is 24.7 Å². The van der Waals surface area contributed by atoms with E-state index in [0.717, 1.165) is 11.6 Å². The summed E-state index contributed by atoms with van der Waals surface area (Å²) in [5.74, 6) is -0.551. The number of hydrogen-bond donors (Lipinski definition) is 1. The maximum Gasteiger partial charge on any atom is 0.286 e. The van der Waals surface area contributed by atoms with Gasteiger partial charge in [0.05, 0.1) is 30.8 Å². The summed E-state index contributed by atoms with van der Waals surface area (Å²) in [5, 5.41) is 14.2. The van der Waals surface area contributed by atoms with E-state index in [1.54, 1.807) is 35.4 Å². The minimum atomic E-state index is -0.689. The van der Waals surface area contributed by atoms with Gasteiger partial charge in [-0.1, -0.05) is 6.07 Å². The van der Waals surface area contributed by atoms with Crippen LogP contribution in [0.2, 0.25) is 0 Å². The number of hydrogen-bond acceptors (Lipinski definition) is 7. The molecule has 0 bridgehead atoms. The summed E-state index contributed by atoms with van der Waals surface area (Å²) in [4.78, 5) is 42.3. The zero-order valence-corrected chi connectivity index (χ0v) is 17.9. The number of anilines is 2. The highest BCUT2D eigenvalue weighted by Gasteiger charge is 2.28. The lowest BCUT2D eigenvalue weighted by Gasteiger charge is -2.18. The molecule has 1 aliphatic rings. The maximum atomic E-state index is 12.9. The molecule has 10 heteroatoms. The van der Waals surface area contributed by atoms with Gasteiger partial charge in [0.15, 0.2) is 11.5 Å². The largest absolute Gasteiger partial charge is 0.493 e. The van der Waals surface area contributed by atoms with Crippen LogP contribution in [0, 0.1) is 10.1 Å². The maximum absolute atomic E-state index is 12.9. The van der Waals surface area contributed by atoms with Gasteiger partial charge in [0.25, 0.3) is 17.5 Å². The van der Waals surface area contributed by atoms with Gasteiger partial charge in [0.2, 0.25) is 0 Å². The number of rotatable bonds is 6. The second-order valence-corrected chi connectivity index (χ2v) is 7.23. The third-order valence-corrected chi connectivity index (χ3v) is 5.34. The van der Waals surface area contributed by atoms with Crippen LogP contribution in [0.1, 0.15) is 26.3 Å². The van der Waals surface area contributed by atoms with E-state index < -0.39 is 16.5 Å². The Bertz CT molecular complexity index is 1250. The molecule has 1 N–H and O–H groups in total. The average molecular weight is 448 g/mol. The average Bonchev–Trinajstić information content (AvgIpc) is 3.26. The Hall–Kier alpha value is -4.47. The minimum absolute atomic E-state index is 0.142. The van der Waals surface area contributed by atoms with Gasteiger partial charge in [-0.05, 0) is 36.2 Å². The molecule has 4 rings (SSSR count). The molecule has 0 aliphatic carbocycles. The summed E-state index contributed by atoms with van der Waals surface area (Å²) in [6, 6.07) is 11.0. The standard InChI is InChI=1S/C23H20N4O6/c1-32-20-11-17(19(27(30)31)12-21(20)33-2)22(28)25-16-6-5-14-7-9-26(18(14)10-16)23(29)15-4-3-8-24-13-15/h3-6,8,10-13H,7,9H2,1-2H3,(H,25,28). The molecule has 0 spiro atoms. The van der Waals surface area contributed by atoms with Gasteiger partial charge in [-0.15, -0.1) is 0 Å². The summed E-state index contributed by atoms with van der Waals surface area (Å²) in [7, 11) is 2.73. The molecule has 1 aliphatic heterocycles. The predicted octanol–water partition coefficient (Wildman–Crippen LogP) is 3.46. The van der Waals surface area contributed by atoms with E-state index in [9.17, 15) is 19.7 Å². The van der Waals surface area contributed by atoms with Gasteiger partial charge < -0.3 is 19.7 Å². The summed E-state index contributed by atoms with van der Waals surface area (Å²) in [6.07, 6.45) is 3.77. The van der Waals surface area contributed by atoms with E-state index in [4.69, 9.17) is 9.47 Å². The number of carbonyl (C=O) groups is 2. The van der Waals surface area contributed by atoms with E-state index in [2.05, 4.69) is 10.3 Å². The quantitative estimate of drug-likeness (QED) is 0.452. The van der Waals surface area contributed by atoms with Crippen molar-refractivity contribution in [2.24, 2.45) is 0 Å². The Kier molecular flexibility index (Phi) is 5.90.